The SMILES string of the molecule is CC(C)(C)OCC(=O)c1cncnc1. The van der Waals surface area contributed by atoms with E-state index in [9.17, 15) is 4.79 Å². The van der Waals surface area contributed by atoms with Gasteiger partial charge >= 0.3 is 0 Å². The molecule has 1 aromatic rings. The summed E-state index contributed by atoms with van der Waals surface area (Å²) in [6.07, 6.45) is 4.37. The summed E-state index contributed by atoms with van der Waals surface area (Å²) < 4.78 is 5.34. The maximum atomic E-state index is 11.5. The Balaban J connectivity index is 2.52. The fraction of sp³-hybridized carbons (Fsp3) is 0.500. The van der Waals surface area contributed by atoms with Crippen LogP contribution in [0.4, 0.5) is 0 Å². The zero-order valence-corrected chi connectivity index (χ0v) is 8.65. The molecule has 0 aliphatic rings. The summed E-state index contributed by atoms with van der Waals surface area (Å²) in [6.45, 7) is 5.78. The van der Waals surface area contributed by atoms with Crippen molar-refractivity contribution in [3.05, 3.63) is 24.3 Å². The number of carbonyl (C=O) groups excluding carboxylic acids is 1. The van der Waals surface area contributed by atoms with Gasteiger partial charge in [0.1, 0.15) is 12.9 Å². The molecule has 0 radical (unpaired) electrons. The summed E-state index contributed by atoms with van der Waals surface area (Å²) in [5, 5.41) is 0. The second kappa shape index (κ2) is 4.28. The van der Waals surface area contributed by atoms with Gasteiger partial charge < -0.3 is 4.74 Å². The molecule has 14 heavy (non-hydrogen) atoms. The van der Waals surface area contributed by atoms with E-state index in [0.717, 1.165) is 0 Å². The van der Waals surface area contributed by atoms with Crippen molar-refractivity contribution >= 4 is 5.78 Å². The number of hydrogen-bond donors (Lipinski definition) is 0. The molecule has 0 aliphatic carbocycles. The normalized spacial score (nSPS) is 11.4. The summed E-state index contributed by atoms with van der Waals surface area (Å²) in [5.41, 5.74) is 0.183. The Labute approximate surface area is 83.3 Å². The second-order valence-corrected chi connectivity index (χ2v) is 3.95. The molecule has 4 heteroatoms. The van der Waals surface area contributed by atoms with E-state index in [1.807, 2.05) is 20.8 Å². The molecule has 0 saturated carbocycles. The molecule has 1 heterocycles. The Hall–Kier alpha value is -1.29. The Morgan fingerprint density at radius 2 is 1.93 bits per heavy atom. The van der Waals surface area contributed by atoms with E-state index in [0.29, 0.717) is 5.56 Å². The predicted molar refractivity (Wildman–Crippen MR) is 52.1 cm³/mol. The van der Waals surface area contributed by atoms with Crippen LogP contribution in [-0.4, -0.2) is 28.0 Å². The zero-order valence-electron chi connectivity index (χ0n) is 8.65. The van der Waals surface area contributed by atoms with Gasteiger partial charge in [0.15, 0.2) is 5.78 Å². The Bertz CT molecular complexity index is 304. The van der Waals surface area contributed by atoms with Crippen molar-refractivity contribution in [3.63, 3.8) is 0 Å². The third kappa shape index (κ3) is 3.62. The molecule has 1 aromatic heterocycles. The van der Waals surface area contributed by atoms with Gasteiger partial charge in [0.05, 0.1) is 11.2 Å². The number of nitrogens with zero attached hydrogens (tertiary/aromatic N) is 2. The number of ether oxygens (including phenoxy) is 1. The first kappa shape index (κ1) is 10.8. The van der Waals surface area contributed by atoms with Crippen LogP contribution in [0.3, 0.4) is 0 Å². The fourth-order valence-corrected chi connectivity index (χ4v) is 0.808. The minimum absolute atomic E-state index is 0.0663. The van der Waals surface area contributed by atoms with E-state index in [4.69, 9.17) is 4.74 Å². The quantitative estimate of drug-likeness (QED) is 0.684. The molecule has 0 fully saturated rings. The van der Waals surface area contributed by atoms with E-state index in [2.05, 4.69) is 9.97 Å². The van der Waals surface area contributed by atoms with Crippen LogP contribution < -0.4 is 0 Å². The predicted octanol–water partition coefficient (Wildman–Crippen LogP) is 1.47. The Morgan fingerprint density at radius 1 is 1.36 bits per heavy atom. The number of hydrogen-bond acceptors (Lipinski definition) is 4. The zero-order chi connectivity index (χ0) is 10.6. The van der Waals surface area contributed by atoms with E-state index >= 15 is 0 Å². The highest BCUT2D eigenvalue weighted by atomic mass is 16.5. The molecule has 0 aromatic carbocycles. The number of aromatic nitrogens is 2. The van der Waals surface area contributed by atoms with Crippen molar-refractivity contribution in [2.75, 3.05) is 6.61 Å². The summed E-state index contributed by atoms with van der Waals surface area (Å²) in [5.74, 6) is -0.0967. The average molecular weight is 194 g/mol. The van der Waals surface area contributed by atoms with Gasteiger partial charge in [0, 0.05) is 12.4 Å². The molecule has 4 nitrogen and oxygen atoms in total. The summed E-state index contributed by atoms with van der Waals surface area (Å²) >= 11 is 0. The van der Waals surface area contributed by atoms with Crippen LogP contribution in [-0.2, 0) is 4.74 Å². The Kier molecular flexibility index (Phi) is 3.30. The van der Waals surface area contributed by atoms with Crippen molar-refractivity contribution in [2.24, 2.45) is 0 Å². The number of carbonyl (C=O) groups is 1. The third-order valence-corrected chi connectivity index (χ3v) is 1.52. The van der Waals surface area contributed by atoms with Gasteiger partial charge in [-0.15, -0.1) is 0 Å². The van der Waals surface area contributed by atoms with Crippen molar-refractivity contribution in [1.29, 1.82) is 0 Å². The monoisotopic (exact) mass is 194 g/mol. The highest BCUT2D eigenvalue weighted by Crippen LogP contribution is 2.07. The maximum Gasteiger partial charge on any atom is 0.191 e. The van der Waals surface area contributed by atoms with Gasteiger partial charge in [-0.3, -0.25) is 4.79 Å². The Morgan fingerprint density at radius 3 is 2.43 bits per heavy atom. The number of Topliss-reactive ketones (excluding diaryl/α,β-unsaturated/α-hetero) is 1. The fourth-order valence-electron chi connectivity index (χ4n) is 0.808. The first-order valence-corrected chi connectivity index (χ1v) is 4.41. The molecule has 1 rings (SSSR count). The van der Waals surface area contributed by atoms with Crippen LogP contribution in [0.5, 0.6) is 0 Å². The van der Waals surface area contributed by atoms with Crippen molar-refractivity contribution < 1.29 is 9.53 Å². The molecule has 0 N–H and O–H groups in total. The van der Waals surface area contributed by atoms with E-state index in [1.165, 1.54) is 18.7 Å². The number of rotatable bonds is 3. The summed E-state index contributed by atoms with van der Waals surface area (Å²) in [4.78, 5) is 19.0. The van der Waals surface area contributed by atoms with Crippen LogP contribution in [0.2, 0.25) is 0 Å². The average Bonchev–Trinajstić information content (AvgIpc) is 2.14. The molecule has 0 aliphatic heterocycles. The first-order chi connectivity index (χ1) is 6.49. The lowest BCUT2D eigenvalue weighted by Crippen LogP contribution is -2.23. The largest absolute Gasteiger partial charge is 0.368 e. The van der Waals surface area contributed by atoms with E-state index in [1.54, 1.807) is 0 Å². The van der Waals surface area contributed by atoms with Crippen LogP contribution >= 0.6 is 0 Å². The van der Waals surface area contributed by atoms with Gasteiger partial charge in [-0.2, -0.15) is 0 Å². The van der Waals surface area contributed by atoms with Gasteiger partial charge in [0.25, 0.3) is 0 Å². The van der Waals surface area contributed by atoms with Gasteiger partial charge in [-0.05, 0) is 20.8 Å². The minimum atomic E-state index is -0.300. The van der Waals surface area contributed by atoms with Crippen molar-refractivity contribution in [1.82, 2.24) is 9.97 Å². The maximum absolute atomic E-state index is 11.5. The van der Waals surface area contributed by atoms with Crippen LogP contribution in [0.15, 0.2) is 18.7 Å². The second-order valence-electron chi connectivity index (χ2n) is 3.95. The van der Waals surface area contributed by atoms with E-state index < -0.39 is 0 Å². The molecule has 0 amide bonds. The summed E-state index contributed by atoms with van der Waals surface area (Å²) in [7, 11) is 0. The standard InChI is InChI=1S/C10H14N2O2/c1-10(2,3)14-6-9(13)8-4-11-7-12-5-8/h4-5,7H,6H2,1-3H3. The highest BCUT2D eigenvalue weighted by Gasteiger charge is 2.14. The molecular formula is C10H14N2O2. The molecule has 0 spiro atoms. The smallest absolute Gasteiger partial charge is 0.191 e. The lowest BCUT2D eigenvalue weighted by Gasteiger charge is -2.18. The van der Waals surface area contributed by atoms with Gasteiger partial charge in [-0.25, -0.2) is 9.97 Å². The molecule has 0 unspecified atom stereocenters. The highest BCUT2D eigenvalue weighted by molar-refractivity contribution is 5.96. The van der Waals surface area contributed by atoms with Gasteiger partial charge in [-0.1, -0.05) is 0 Å². The summed E-state index contributed by atoms with van der Waals surface area (Å²) in [6, 6.07) is 0. The number of ketones is 1. The molecule has 76 valence electrons. The van der Waals surface area contributed by atoms with Crippen LogP contribution in [0, 0.1) is 0 Å². The molecular weight excluding hydrogens is 180 g/mol. The van der Waals surface area contributed by atoms with Crippen LogP contribution in [0.1, 0.15) is 31.1 Å². The lowest BCUT2D eigenvalue weighted by atomic mass is 10.2. The van der Waals surface area contributed by atoms with Crippen LogP contribution in [0.25, 0.3) is 0 Å². The molecule has 0 saturated heterocycles. The van der Waals surface area contributed by atoms with Crippen molar-refractivity contribution in [3.8, 4) is 0 Å². The topological polar surface area (TPSA) is 52.1 Å². The molecule has 0 atom stereocenters. The minimum Gasteiger partial charge on any atom is -0.368 e. The lowest BCUT2D eigenvalue weighted by molar-refractivity contribution is 0.00303. The first-order valence-electron chi connectivity index (χ1n) is 4.41. The van der Waals surface area contributed by atoms with Crippen molar-refractivity contribution in [2.45, 2.75) is 26.4 Å². The third-order valence-electron chi connectivity index (χ3n) is 1.52. The van der Waals surface area contributed by atoms with Gasteiger partial charge in [0.2, 0.25) is 0 Å². The van der Waals surface area contributed by atoms with E-state index in [-0.39, 0.29) is 18.0 Å². The molecule has 0 bridgehead atoms.